The van der Waals surface area contributed by atoms with Gasteiger partial charge >= 0.3 is 5.97 Å². The molecule has 2 amide bonds. The maximum Gasteiger partial charge on any atom is 0.338 e. The minimum absolute atomic E-state index is 0.0892. The van der Waals surface area contributed by atoms with Crippen LogP contribution >= 0.6 is 0 Å². The Bertz CT molecular complexity index is 567. The summed E-state index contributed by atoms with van der Waals surface area (Å²) in [4.78, 5) is 40.2. The summed E-state index contributed by atoms with van der Waals surface area (Å²) in [6.07, 6.45) is 4.88. The quantitative estimate of drug-likeness (QED) is 0.826. The van der Waals surface area contributed by atoms with Crippen molar-refractivity contribution < 1.29 is 19.5 Å². The molecule has 3 N–H and O–H groups in total. The maximum atomic E-state index is 12.6. The van der Waals surface area contributed by atoms with Crippen LogP contribution in [0.4, 0.5) is 0 Å². The predicted molar refractivity (Wildman–Crippen MR) is 73.7 cm³/mol. The lowest BCUT2D eigenvalue weighted by atomic mass is 10.1. The van der Waals surface area contributed by atoms with E-state index in [0.717, 1.165) is 25.7 Å². The second kappa shape index (κ2) is 6.34. The Morgan fingerprint density at radius 2 is 2.00 bits per heavy atom. The number of aromatic nitrogens is 1. The summed E-state index contributed by atoms with van der Waals surface area (Å²) in [5.41, 5.74) is 4.88. The minimum atomic E-state index is -1.23. The first-order valence-corrected chi connectivity index (χ1v) is 6.78. The lowest BCUT2D eigenvalue weighted by molar-refractivity contribution is -0.119. The molecule has 1 aliphatic rings. The van der Waals surface area contributed by atoms with Gasteiger partial charge in [0.2, 0.25) is 5.91 Å². The molecule has 2 rings (SSSR count). The lowest BCUT2D eigenvalue weighted by Gasteiger charge is -2.27. The van der Waals surface area contributed by atoms with Crippen LogP contribution in [0.3, 0.4) is 0 Å². The number of primary amides is 1. The van der Waals surface area contributed by atoms with Gasteiger partial charge in [-0.15, -0.1) is 0 Å². The van der Waals surface area contributed by atoms with E-state index in [1.54, 1.807) is 0 Å². The fourth-order valence-electron chi connectivity index (χ4n) is 2.63. The van der Waals surface area contributed by atoms with E-state index >= 15 is 0 Å². The average molecular weight is 291 g/mol. The topological polar surface area (TPSA) is 114 Å². The summed E-state index contributed by atoms with van der Waals surface area (Å²) in [6, 6.07) is 2.68. The number of carboxylic acid groups (broad SMARTS) is 1. The van der Waals surface area contributed by atoms with Crippen LogP contribution in [-0.4, -0.2) is 45.4 Å². The molecule has 0 atom stereocenters. The third kappa shape index (κ3) is 3.36. The molecule has 21 heavy (non-hydrogen) atoms. The van der Waals surface area contributed by atoms with Gasteiger partial charge in [0, 0.05) is 12.2 Å². The highest BCUT2D eigenvalue weighted by molar-refractivity contribution is 6.04. The van der Waals surface area contributed by atoms with Gasteiger partial charge in [0.1, 0.15) is 5.69 Å². The highest BCUT2D eigenvalue weighted by Crippen LogP contribution is 2.25. The van der Waals surface area contributed by atoms with E-state index in [1.165, 1.54) is 23.2 Å². The zero-order valence-corrected chi connectivity index (χ0v) is 11.5. The Morgan fingerprint density at radius 1 is 1.33 bits per heavy atom. The molecule has 1 saturated carbocycles. The standard InChI is InChI=1S/C14H17N3O4/c15-11(18)8-17(9-4-1-2-5-9)13(19)12-10(14(20)21)6-3-7-16-12/h3,6-7,9H,1-2,4-5,8H2,(H2,15,18)(H,20,21). The molecule has 0 saturated heterocycles. The molecule has 0 aliphatic heterocycles. The van der Waals surface area contributed by atoms with Gasteiger partial charge in [-0.25, -0.2) is 4.79 Å². The monoisotopic (exact) mass is 291 g/mol. The highest BCUT2D eigenvalue weighted by atomic mass is 16.4. The number of carbonyl (C=O) groups is 3. The first-order chi connectivity index (χ1) is 10.0. The minimum Gasteiger partial charge on any atom is -0.478 e. The summed E-state index contributed by atoms with van der Waals surface area (Å²) in [5, 5.41) is 9.14. The highest BCUT2D eigenvalue weighted by Gasteiger charge is 2.31. The molecule has 0 aromatic carbocycles. The van der Waals surface area contributed by atoms with Crippen LogP contribution in [0.1, 0.15) is 46.5 Å². The molecule has 1 fully saturated rings. The number of amides is 2. The van der Waals surface area contributed by atoms with Crippen molar-refractivity contribution >= 4 is 17.8 Å². The molecule has 7 nitrogen and oxygen atoms in total. The number of pyridine rings is 1. The van der Waals surface area contributed by atoms with Crippen molar-refractivity contribution in [3.8, 4) is 0 Å². The number of carboxylic acids is 1. The van der Waals surface area contributed by atoms with E-state index in [-0.39, 0.29) is 23.8 Å². The van der Waals surface area contributed by atoms with Crippen molar-refractivity contribution in [2.75, 3.05) is 6.54 Å². The molecule has 1 aliphatic carbocycles. The van der Waals surface area contributed by atoms with Crippen LogP contribution in [0.2, 0.25) is 0 Å². The fourth-order valence-corrected chi connectivity index (χ4v) is 2.63. The first-order valence-electron chi connectivity index (χ1n) is 6.78. The van der Waals surface area contributed by atoms with Crippen LogP contribution in [0.25, 0.3) is 0 Å². The van der Waals surface area contributed by atoms with E-state index in [1.807, 2.05) is 0 Å². The van der Waals surface area contributed by atoms with E-state index in [4.69, 9.17) is 10.8 Å². The van der Waals surface area contributed by atoms with Gasteiger partial charge in [0.25, 0.3) is 5.91 Å². The van der Waals surface area contributed by atoms with Gasteiger partial charge in [-0.1, -0.05) is 12.8 Å². The molecule has 0 unspecified atom stereocenters. The number of nitrogens with two attached hydrogens (primary N) is 1. The second-order valence-electron chi connectivity index (χ2n) is 5.04. The molecule has 0 bridgehead atoms. The third-order valence-corrected chi connectivity index (χ3v) is 3.59. The van der Waals surface area contributed by atoms with Crippen molar-refractivity contribution in [1.29, 1.82) is 0 Å². The second-order valence-corrected chi connectivity index (χ2v) is 5.04. The Morgan fingerprint density at radius 3 is 2.57 bits per heavy atom. The van der Waals surface area contributed by atoms with E-state index in [9.17, 15) is 14.4 Å². The van der Waals surface area contributed by atoms with Gasteiger partial charge in [-0.2, -0.15) is 0 Å². The molecule has 0 spiro atoms. The van der Waals surface area contributed by atoms with Crippen molar-refractivity contribution in [3.63, 3.8) is 0 Å². The molecule has 1 aromatic rings. The van der Waals surface area contributed by atoms with Gasteiger partial charge < -0.3 is 15.7 Å². The van der Waals surface area contributed by atoms with Gasteiger partial charge in [0.05, 0.1) is 12.1 Å². The Hall–Kier alpha value is -2.44. The van der Waals surface area contributed by atoms with Crippen LogP contribution in [0.15, 0.2) is 18.3 Å². The Balaban J connectivity index is 2.33. The molecular weight excluding hydrogens is 274 g/mol. The smallest absolute Gasteiger partial charge is 0.338 e. The fraction of sp³-hybridized carbons (Fsp3) is 0.429. The van der Waals surface area contributed by atoms with Crippen molar-refractivity contribution in [2.45, 2.75) is 31.7 Å². The summed E-state index contributed by atoms with van der Waals surface area (Å²) in [6.45, 7) is -0.223. The van der Waals surface area contributed by atoms with Crippen molar-refractivity contribution in [1.82, 2.24) is 9.88 Å². The van der Waals surface area contributed by atoms with Gasteiger partial charge in [0.15, 0.2) is 0 Å². The zero-order chi connectivity index (χ0) is 15.4. The maximum absolute atomic E-state index is 12.6. The van der Waals surface area contributed by atoms with E-state index < -0.39 is 17.8 Å². The van der Waals surface area contributed by atoms with Gasteiger partial charge in [-0.05, 0) is 25.0 Å². The molecule has 7 heteroatoms. The lowest BCUT2D eigenvalue weighted by Crippen LogP contribution is -2.44. The number of hydrogen-bond donors (Lipinski definition) is 2. The Labute approximate surface area is 121 Å². The van der Waals surface area contributed by atoms with Crippen LogP contribution in [0, 0.1) is 0 Å². The van der Waals surface area contributed by atoms with Crippen molar-refractivity contribution in [2.24, 2.45) is 5.73 Å². The van der Waals surface area contributed by atoms with E-state index in [2.05, 4.69) is 4.98 Å². The number of hydrogen-bond acceptors (Lipinski definition) is 4. The number of carbonyl (C=O) groups excluding carboxylic acids is 2. The summed E-state index contributed by atoms with van der Waals surface area (Å²) in [7, 11) is 0. The SMILES string of the molecule is NC(=O)CN(C(=O)c1ncccc1C(=O)O)C1CCCC1. The normalized spacial score (nSPS) is 14.9. The molecule has 1 aromatic heterocycles. The molecule has 112 valence electrons. The summed E-state index contributed by atoms with van der Waals surface area (Å²) in [5.74, 6) is -2.40. The molecule has 0 radical (unpaired) electrons. The van der Waals surface area contributed by atoms with E-state index in [0.29, 0.717) is 0 Å². The number of rotatable bonds is 5. The largest absolute Gasteiger partial charge is 0.478 e. The third-order valence-electron chi connectivity index (χ3n) is 3.59. The summed E-state index contributed by atoms with van der Waals surface area (Å²) >= 11 is 0. The Kier molecular flexibility index (Phi) is 4.52. The van der Waals surface area contributed by atoms with Crippen LogP contribution in [0.5, 0.6) is 0 Å². The predicted octanol–water partition coefficient (Wildman–Crippen LogP) is 0.650. The molecule has 1 heterocycles. The van der Waals surface area contributed by atoms with Crippen molar-refractivity contribution in [3.05, 3.63) is 29.6 Å². The molecular formula is C14H17N3O4. The number of aromatic carboxylic acids is 1. The first kappa shape index (κ1) is 15.0. The average Bonchev–Trinajstić information content (AvgIpc) is 2.97. The van der Waals surface area contributed by atoms with Crippen LogP contribution in [-0.2, 0) is 4.79 Å². The zero-order valence-electron chi connectivity index (χ0n) is 11.5. The van der Waals surface area contributed by atoms with Crippen LogP contribution < -0.4 is 5.73 Å². The van der Waals surface area contributed by atoms with Gasteiger partial charge in [-0.3, -0.25) is 14.6 Å². The summed E-state index contributed by atoms with van der Waals surface area (Å²) < 4.78 is 0. The number of nitrogens with zero attached hydrogens (tertiary/aromatic N) is 2.